The average Bonchev–Trinajstić information content (AvgIpc) is 2.80. The highest BCUT2D eigenvalue weighted by atomic mass is 19.4. The van der Waals surface area contributed by atoms with Crippen LogP contribution in [0.25, 0.3) is 5.57 Å². The van der Waals surface area contributed by atoms with E-state index in [-0.39, 0.29) is 23.5 Å². The molecule has 2 rings (SSSR count). The van der Waals surface area contributed by atoms with E-state index in [1.165, 1.54) is 27.0 Å². The SMILES string of the molecule is CCOC(=O)C1=C(c2ccc(F)cc2OC)[C@H](C)[C@](C)(C(F)(F)F)O1. The van der Waals surface area contributed by atoms with Gasteiger partial charge in [0.2, 0.25) is 11.4 Å². The molecular formula is C17H18F4O4. The van der Waals surface area contributed by atoms with Crippen LogP contribution in [0.3, 0.4) is 0 Å². The second-order valence-corrected chi connectivity index (χ2v) is 5.74. The number of halogens is 4. The average molecular weight is 362 g/mol. The van der Waals surface area contributed by atoms with Crippen molar-refractivity contribution < 1.29 is 36.6 Å². The fraction of sp³-hybridized carbons (Fsp3) is 0.471. The molecular weight excluding hydrogens is 344 g/mol. The Labute approximate surface area is 142 Å². The summed E-state index contributed by atoms with van der Waals surface area (Å²) in [6.07, 6.45) is -4.74. The summed E-state index contributed by atoms with van der Waals surface area (Å²) in [5, 5.41) is 0. The van der Waals surface area contributed by atoms with Crippen LogP contribution in [0.1, 0.15) is 26.3 Å². The number of rotatable bonds is 4. The van der Waals surface area contributed by atoms with Gasteiger partial charge in [0.1, 0.15) is 11.6 Å². The van der Waals surface area contributed by atoms with Crippen LogP contribution in [0.15, 0.2) is 24.0 Å². The Hall–Kier alpha value is -2.25. The first kappa shape index (κ1) is 19.1. The second kappa shape index (κ2) is 6.57. The molecule has 8 heteroatoms. The molecule has 0 unspecified atom stereocenters. The Morgan fingerprint density at radius 3 is 2.52 bits per heavy atom. The Morgan fingerprint density at radius 1 is 1.36 bits per heavy atom. The summed E-state index contributed by atoms with van der Waals surface area (Å²) >= 11 is 0. The lowest BCUT2D eigenvalue weighted by Crippen LogP contribution is -2.47. The van der Waals surface area contributed by atoms with Crippen molar-refractivity contribution in [3.8, 4) is 5.75 Å². The molecule has 0 aliphatic carbocycles. The van der Waals surface area contributed by atoms with E-state index >= 15 is 0 Å². The lowest BCUT2D eigenvalue weighted by atomic mass is 9.82. The summed E-state index contributed by atoms with van der Waals surface area (Å²) < 4.78 is 69.1. The maximum Gasteiger partial charge on any atom is 0.428 e. The Balaban J connectivity index is 2.67. The van der Waals surface area contributed by atoms with E-state index in [9.17, 15) is 22.4 Å². The predicted molar refractivity (Wildman–Crippen MR) is 81.2 cm³/mol. The molecule has 2 atom stereocenters. The maximum atomic E-state index is 13.6. The van der Waals surface area contributed by atoms with Gasteiger partial charge in [0, 0.05) is 23.1 Å². The third-order valence-electron chi connectivity index (χ3n) is 4.30. The van der Waals surface area contributed by atoms with E-state index in [0.717, 1.165) is 19.1 Å². The molecule has 1 heterocycles. The molecule has 0 saturated carbocycles. The number of alkyl halides is 3. The number of benzene rings is 1. The zero-order valence-electron chi connectivity index (χ0n) is 14.2. The fourth-order valence-electron chi connectivity index (χ4n) is 2.72. The number of esters is 1. The first-order chi connectivity index (χ1) is 11.6. The molecule has 0 saturated heterocycles. The molecule has 0 aromatic heterocycles. The second-order valence-electron chi connectivity index (χ2n) is 5.74. The third-order valence-corrected chi connectivity index (χ3v) is 4.30. The van der Waals surface area contributed by atoms with Crippen LogP contribution in [0, 0.1) is 11.7 Å². The van der Waals surface area contributed by atoms with Crippen molar-refractivity contribution >= 4 is 11.5 Å². The molecule has 0 amide bonds. The first-order valence-electron chi connectivity index (χ1n) is 7.57. The van der Waals surface area contributed by atoms with Crippen molar-refractivity contribution in [1.29, 1.82) is 0 Å². The fourth-order valence-corrected chi connectivity index (χ4v) is 2.72. The Morgan fingerprint density at radius 2 is 2.00 bits per heavy atom. The zero-order chi connectivity index (χ0) is 19.0. The van der Waals surface area contributed by atoms with Gasteiger partial charge in [-0.3, -0.25) is 0 Å². The molecule has 1 aliphatic rings. The molecule has 1 aromatic carbocycles. The van der Waals surface area contributed by atoms with Gasteiger partial charge >= 0.3 is 12.1 Å². The normalized spacial score (nSPS) is 23.4. The van der Waals surface area contributed by atoms with E-state index in [1.807, 2.05) is 0 Å². The molecule has 1 aromatic rings. The van der Waals surface area contributed by atoms with Crippen LogP contribution in [-0.2, 0) is 14.3 Å². The first-order valence-corrected chi connectivity index (χ1v) is 7.57. The largest absolute Gasteiger partial charge is 0.496 e. The van der Waals surface area contributed by atoms with Gasteiger partial charge in [-0.15, -0.1) is 0 Å². The standard InChI is InChI=1S/C17H18F4O4/c1-5-24-15(22)14-13(9(2)16(3,25-14)17(19,20)21)11-7-6-10(18)8-12(11)23-4/h6-9H,5H2,1-4H3/t9-,16+/m0/s1. The van der Waals surface area contributed by atoms with Gasteiger partial charge in [-0.05, 0) is 26.0 Å². The Kier molecular flexibility index (Phi) is 5.02. The van der Waals surface area contributed by atoms with Gasteiger partial charge in [0.05, 0.1) is 13.7 Å². The summed E-state index contributed by atoms with van der Waals surface area (Å²) in [5.74, 6) is -3.42. The molecule has 0 radical (unpaired) electrons. The smallest absolute Gasteiger partial charge is 0.428 e. The number of carbonyl (C=O) groups excluding carboxylic acids is 1. The number of hydrogen-bond donors (Lipinski definition) is 0. The number of ether oxygens (including phenoxy) is 3. The summed E-state index contributed by atoms with van der Waals surface area (Å²) in [7, 11) is 1.26. The highest BCUT2D eigenvalue weighted by molar-refractivity contribution is 5.98. The van der Waals surface area contributed by atoms with E-state index in [1.54, 1.807) is 0 Å². The van der Waals surface area contributed by atoms with Gasteiger partial charge in [-0.2, -0.15) is 13.2 Å². The zero-order valence-corrected chi connectivity index (χ0v) is 14.2. The van der Waals surface area contributed by atoms with Crippen LogP contribution < -0.4 is 4.74 Å². The van der Waals surface area contributed by atoms with Crippen LogP contribution in [0.2, 0.25) is 0 Å². The topological polar surface area (TPSA) is 44.8 Å². The Bertz CT molecular complexity index is 711. The van der Waals surface area contributed by atoms with Gasteiger partial charge < -0.3 is 14.2 Å². The quantitative estimate of drug-likeness (QED) is 0.598. The molecule has 4 nitrogen and oxygen atoms in total. The van der Waals surface area contributed by atoms with Crippen molar-refractivity contribution in [1.82, 2.24) is 0 Å². The highest BCUT2D eigenvalue weighted by Gasteiger charge is 2.63. The summed E-state index contributed by atoms with van der Waals surface area (Å²) in [6, 6.07) is 3.36. The minimum atomic E-state index is -4.74. The molecule has 0 bridgehead atoms. The number of hydrogen-bond acceptors (Lipinski definition) is 4. The van der Waals surface area contributed by atoms with Crippen molar-refractivity contribution in [2.75, 3.05) is 13.7 Å². The molecule has 1 aliphatic heterocycles. The van der Waals surface area contributed by atoms with Crippen LogP contribution in [-0.4, -0.2) is 31.5 Å². The van der Waals surface area contributed by atoms with E-state index in [0.29, 0.717) is 0 Å². The molecule has 0 fully saturated rings. The van der Waals surface area contributed by atoms with Gasteiger partial charge in [0.25, 0.3) is 0 Å². The van der Waals surface area contributed by atoms with Crippen LogP contribution >= 0.6 is 0 Å². The molecule has 0 N–H and O–H groups in total. The van der Waals surface area contributed by atoms with Gasteiger partial charge in [0.15, 0.2) is 0 Å². The van der Waals surface area contributed by atoms with Crippen molar-refractivity contribution in [3.05, 3.63) is 35.3 Å². The van der Waals surface area contributed by atoms with Crippen LogP contribution in [0.5, 0.6) is 5.75 Å². The van der Waals surface area contributed by atoms with E-state index < -0.39 is 35.2 Å². The lowest BCUT2D eigenvalue weighted by Gasteiger charge is -2.32. The van der Waals surface area contributed by atoms with Gasteiger partial charge in [-0.1, -0.05) is 6.92 Å². The summed E-state index contributed by atoms with van der Waals surface area (Å²) in [6.45, 7) is 3.65. The molecule has 138 valence electrons. The van der Waals surface area contributed by atoms with Gasteiger partial charge in [-0.25, -0.2) is 9.18 Å². The molecule has 25 heavy (non-hydrogen) atoms. The number of carbonyl (C=O) groups is 1. The predicted octanol–water partition coefficient (Wildman–Crippen LogP) is 4.10. The van der Waals surface area contributed by atoms with E-state index in [2.05, 4.69) is 0 Å². The summed E-state index contributed by atoms with van der Waals surface area (Å²) in [5.41, 5.74) is -2.51. The van der Waals surface area contributed by atoms with Crippen LogP contribution in [0.4, 0.5) is 17.6 Å². The van der Waals surface area contributed by atoms with E-state index in [4.69, 9.17) is 14.2 Å². The summed E-state index contributed by atoms with van der Waals surface area (Å²) in [4.78, 5) is 12.2. The minimum absolute atomic E-state index is 0.00123. The maximum absolute atomic E-state index is 13.6. The van der Waals surface area contributed by atoms with Crippen molar-refractivity contribution in [2.24, 2.45) is 5.92 Å². The number of methoxy groups -OCH3 is 1. The minimum Gasteiger partial charge on any atom is -0.496 e. The highest BCUT2D eigenvalue weighted by Crippen LogP contribution is 2.53. The molecule has 0 spiro atoms. The third kappa shape index (κ3) is 3.17. The monoisotopic (exact) mass is 362 g/mol. The van der Waals surface area contributed by atoms with Crippen molar-refractivity contribution in [2.45, 2.75) is 32.5 Å². The lowest BCUT2D eigenvalue weighted by molar-refractivity contribution is -0.262. The van der Waals surface area contributed by atoms with Crippen molar-refractivity contribution in [3.63, 3.8) is 0 Å².